The molecule has 1 aromatic heterocycles. The van der Waals surface area contributed by atoms with E-state index >= 15 is 0 Å². The van der Waals surface area contributed by atoms with Crippen LogP contribution in [0.5, 0.6) is 11.5 Å². The summed E-state index contributed by atoms with van der Waals surface area (Å²) in [5.41, 5.74) is 6.19. The lowest BCUT2D eigenvalue weighted by atomic mass is 10.3. The average molecular weight is 294 g/mol. The van der Waals surface area contributed by atoms with Crippen molar-refractivity contribution in [2.24, 2.45) is 5.73 Å². The molecular formula is C13H14N2O2S2. The van der Waals surface area contributed by atoms with Crippen LogP contribution in [0.25, 0.3) is 0 Å². The molecule has 0 fully saturated rings. The van der Waals surface area contributed by atoms with Gasteiger partial charge in [0.15, 0.2) is 11.5 Å². The molecule has 2 N–H and O–H groups in total. The molecule has 19 heavy (non-hydrogen) atoms. The zero-order chi connectivity index (χ0) is 13.7. The van der Waals surface area contributed by atoms with Crippen molar-refractivity contribution in [3.05, 3.63) is 40.3 Å². The highest BCUT2D eigenvalue weighted by Gasteiger charge is 2.06. The van der Waals surface area contributed by atoms with Gasteiger partial charge in [0.05, 0.1) is 18.7 Å². The molecule has 0 radical (unpaired) electrons. The SMILES string of the molecule is COc1ccccc1OCCc1nc(C(N)=S)cs1. The molecule has 0 saturated heterocycles. The number of aromatic nitrogens is 1. The molecule has 100 valence electrons. The minimum atomic E-state index is 0.327. The fourth-order valence-electron chi connectivity index (χ4n) is 1.53. The van der Waals surface area contributed by atoms with Gasteiger partial charge in [-0.2, -0.15) is 0 Å². The molecule has 4 nitrogen and oxygen atoms in total. The van der Waals surface area contributed by atoms with Crippen molar-refractivity contribution < 1.29 is 9.47 Å². The lowest BCUT2D eigenvalue weighted by molar-refractivity contribution is 0.297. The lowest BCUT2D eigenvalue weighted by Crippen LogP contribution is -2.10. The number of hydrogen-bond acceptors (Lipinski definition) is 5. The van der Waals surface area contributed by atoms with E-state index in [0.717, 1.165) is 16.5 Å². The number of ether oxygens (including phenoxy) is 2. The molecule has 0 spiro atoms. The van der Waals surface area contributed by atoms with Gasteiger partial charge in [0, 0.05) is 11.8 Å². The third-order valence-corrected chi connectivity index (χ3v) is 3.56. The van der Waals surface area contributed by atoms with E-state index in [1.807, 2.05) is 29.6 Å². The van der Waals surface area contributed by atoms with Gasteiger partial charge < -0.3 is 15.2 Å². The fraction of sp³-hybridized carbons (Fsp3) is 0.231. The summed E-state index contributed by atoms with van der Waals surface area (Å²) in [5, 5.41) is 2.82. The summed E-state index contributed by atoms with van der Waals surface area (Å²) in [6.45, 7) is 0.532. The monoisotopic (exact) mass is 294 g/mol. The summed E-state index contributed by atoms with van der Waals surface area (Å²) in [5.74, 6) is 1.46. The molecule has 0 unspecified atom stereocenters. The van der Waals surface area contributed by atoms with Crippen LogP contribution >= 0.6 is 23.6 Å². The summed E-state index contributed by atoms with van der Waals surface area (Å²) in [7, 11) is 1.62. The van der Waals surface area contributed by atoms with E-state index in [2.05, 4.69) is 4.98 Å². The number of benzene rings is 1. The fourth-order valence-corrected chi connectivity index (χ4v) is 2.48. The van der Waals surface area contributed by atoms with E-state index in [-0.39, 0.29) is 0 Å². The zero-order valence-corrected chi connectivity index (χ0v) is 12.1. The highest BCUT2D eigenvalue weighted by atomic mass is 32.1. The third kappa shape index (κ3) is 3.65. The maximum atomic E-state index is 5.68. The molecule has 1 heterocycles. The minimum absolute atomic E-state index is 0.327. The first-order valence-electron chi connectivity index (χ1n) is 5.70. The van der Waals surface area contributed by atoms with E-state index in [9.17, 15) is 0 Å². The Morgan fingerprint density at radius 2 is 2.11 bits per heavy atom. The number of hydrogen-bond donors (Lipinski definition) is 1. The highest BCUT2D eigenvalue weighted by molar-refractivity contribution is 7.80. The molecule has 0 aliphatic heterocycles. The minimum Gasteiger partial charge on any atom is -0.493 e. The van der Waals surface area contributed by atoms with E-state index in [0.29, 0.717) is 23.7 Å². The van der Waals surface area contributed by atoms with Gasteiger partial charge in [-0.25, -0.2) is 4.98 Å². The second kappa shape index (κ2) is 6.49. The van der Waals surface area contributed by atoms with Gasteiger partial charge in [0.2, 0.25) is 0 Å². The predicted octanol–water partition coefficient (Wildman–Crippen LogP) is 2.41. The number of nitrogens with zero attached hydrogens (tertiary/aromatic N) is 1. The molecule has 2 rings (SSSR count). The van der Waals surface area contributed by atoms with Crippen LogP contribution in [0.15, 0.2) is 29.6 Å². The molecule has 0 amide bonds. The highest BCUT2D eigenvalue weighted by Crippen LogP contribution is 2.25. The molecule has 1 aromatic carbocycles. The van der Waals surface area contributed by atoms with Crippen LogP contribution < -0.4 is 15.2 Å². The van der Waals surface area contributed by atoms with Crippen molar-refractivity contribution in [3.8, 4) is 11.5 Å². The van der Waals surface area contributed by atoms with Gasteiger partial charge in [0.1, 0.15) is 10.7 Å². The van der Waals surface area contributed by atoms with Crippen LogP contribution in [0.4, 0.5) is 0 Å². The van der Waals surface area contributed by atoms with Crippen molar-refractivity contribution in [1.29, 1.82) is 0 Å². The van der Waals surface area contributed by atoms with Gasteiger partial charge in [-0.1, -0.05) is 24.4 Å². The van der Waals surface area contributed by atoms with Gasteiger partial charge in [0.25, 0.3) is 0 Å². The average Bonchev–Trinajstić information content (AvgIpc) is 2.88. The first-order valence-corrected chi connectivity index (χ1v) is 6.99. The van der Waals surface area contributed by atoms with Crippen molar-refractivity contribution in [2.45, 2.75) is 6.42 Å². The first kappa shape index (κ1) is 13.8. The summed E-state index contributed by atoms with van der Waals surface area (Å²) < 4.78 is 10.9. The van der Waals surface area contributed by atoms with E-state index < -0.39 is 0 Å². The number of methoxy groups -OCH3 is 1. The first-order chi connectivity index (χ1) is 9.20. The number of rotatable bonds is 6. The Bertz CT molecular complexity index is 569. The van der Waals surface area contributed by atoms with Gasteiger partial charge in [-0.15, -0.1) is 11.3 Å². The quantitative estimate of drug-likeness (QED) is 0.829. The normalized spacial score (nSPS) is 10.2. The number of nitrogens with two attached hydrogens (primary N) is 1. The van der Waals surface area contributed by atoms with Crippen LogP contribution in [0.3, 0.4) is 0 Å². The molecule has 6 heteroatoms. The number of thiazole rings is 1. The topological polar surface area (TPSA) is 57.4 Å². The Hall–Kier alpha value is -1.66. The summed E-state index contributed by atoms with van der Waals surface area (Å²) in [6.07, 6.45) is 0.714. The summed E-state index contributed by atoms with van der Waals surface area (Å²) in [4.78, 5) is 4.65. The van der Waals surface area contributed by atoms with Crippen molar-refractivity contribution in [3.63, 3.8) is 0 Å². The molecule has 0 saturated carbocycles. The Morgan fingerprint density at radius 3 is 2.74 bits per heavy atom. The number of thiocarbonyl (C=S) groups is 1. The zero-order valence-electron chi connectivity index (χ0n) is 10.5. The Kier molecular flexibility index (Phi) is 4.70. The molecular weight excluding hydrogens is 280 g/mol. The molecule has 0 aliphatic carbocycles. The number of para-hydroxylation sites is 2. The molecule has 0 bridgehead atoms. The molecule has 2 aromatic rings. The van der Waals surface area contributed by atoms with Crippen LogP contribution in [0.1, 0.15) is 10.7 Å². The van der Waals surface area contributed by atoms with Crippen LogP contribution in [0.2, 0.25) is 0 Å². The van der Waals surface area contributed by atoms with Crippen LogP contribution in [-0.4, -0.2) is 23.7 Å². The largest absolute Gasteiger partial charge is 0.493 e. The Labute approximate surface area is 121 Å². The van der Waals surface area contributed by atoms with E-state index in [4.69, 9.17) is 27.4 Å². The maximum absolute atomic E-state index is 5.68. The van der Waals surface area contributed by atoms with Crippen LogP contribution in [-0.2, 0) is 6.42 Å². The van der Waals surface area contributed by atoms with Crippen molar-refractivity contribution in [1.82, 2.24) is 4.98 Å². The van der Waals surface area contributed by atoms with E-state index in [1.54, 1.807) is 7.11 Å². The Morgan fingerprint density at radius 1 is 1.37 bits per heavy atom. The van der Waals surface area contributed by atoms with Crippen molar-refractivity contribution >= 4 is 28.5 Å². The standard InChI is InChI=1S/C13H14N2O2S2/c1-16-10-4-2-3-5-11(10)17-7-6-12-15-9(8-19-12)13(14)18/h2-5,8H,6-7H2,1H3,(H2,14,18). The molecule has 0 aliphatic rings. The van der Waals surface area contributed by atoms with Gasteiger partial charge in [-0.05, 0) is 12.1 Å². The second-order valence-corrected chi connectivity index (χ2v) is 5.12. The molecule has 0 atom stereocenters. The third-order valence-electron chi connectivity index (χ3n) is 2.45. The second-order valence-electron chi connectivity index (χ2n) is 3.74. The predicted molar refractivity (Wildman–Crippen MR) is 80.2 cm³/mol. The summed E-state index contributed by atoms with van der Waals surface area (Å²) in [6, 6.07) is 7.55. The van der Waals surface area contributed by atoms with Gasteiger partial charge in [-0.3, -0.25) is 0 Å². The van der Waals surface area contributed by atoms with E-state index in [1.165, 1.54) is 11.3 Å². The van der Waals surface area contributed by atoms with Crippen LogP contribution in [0, 0.1) is 0 Å². The lowest BCUT2D eigenvalue weighted by Gasteiger charge is -2.09. The Balaban J connectivity index is 1.90. The smallest absolute Gasteiger partial charge is 0.161 e. The van der Waals surface area contributed by atoms with Crippen molar-refractivity contribution in [2.75, 3.05) is 13.7 Å². The maximum Gasteiger partial charge on any atom is 0.161 e. The van der Waals surface area contributed by atoms with Gasteiger partial charge >= 0.3 is 0 Å². The summed E-state index contributed by atoms with van der Waals surface area (Å²) >= 11 is 6.40.